The summed E-state index contributed by atoms with van der Waals surface area (Å²) < 4.78 is 11.1. The molecule has 1 fully saturated rings. The average molecular weight is 360 g/mol. The molecule has 3 rings (SSSR count). The van der Waals surface area contributed by atoms with Crippen molar-refractivity contribution in [3.05, 3.63) is 28.8 Å². The molecule has 0 bridgehead atoms. The molecule has 0 unspecified atom stereocenters. The standard InChI is InChI=1S/C21H32N2O3/c1-15-16(13-22-9-11-25-12-10-22)7-8-17-18(15)21(5,6)14-23(17)19(24)26-20(2,3)4/h7-8H,9-14H2,1-6H3. The maximum absolute atomic E-state index is 12.7. The molecular formula is C21H32N2O3. The van der Waals surface area contributed by atoms with E-state index in [0.717, 1.165) is 38.5 Å². The largest absolute Gasteiger partial charge is 0.443 e. The van der Waals surface area contributed by atoms with Gasteiger partial charge in [-0.1, -0.05) is 19.9 Å². The van der Waals surface area contributed by atoms with Crippen LogP contribution in [-0.2, 0) is 21.4 Å². The normalized spacial score (nSPS) is 20.2. The first-order valence-corrected chi connectivity index (χ1v) is 9.52. The monoisotopic (exact) mass is 360 g/mol. The van der Waals surface area contributed by atoms with E-state index in [1.54, 1.807) is 4.90 Å². The maximum Gasteiger partial charge on any atom is 0.414 e. The lowest BCUT2D eigenvalue weighted by atomic mass is 9.82. The number of hydrogen-bond donors (Lipinski definition) is 0. The highest BCUT2D eigenvalue weighted by Gasteiger charge is 2.41. The third kappa shape index (κ3) is 3.89. The summed E-state index contributed by atoms with van der Waals surface area (Å²) in [7, 11) is 0. The summed E-state index contributed by atoms with van der Waals surface area (Å²) >= 11 is 0. The second kappa shape index (κ2) is 6.86. The second-order valence-electron chi connectivity index (χ2n) is 9.08. The van der Waals surface area contributed by atoms with Crippen LogP contribution in [0.3, 0.4) is 0 Å². The van der Waals surface area contributed by atoms with E-state index in [-0.39, 0.29) is 11.5 Å². The number of hydrogen-bond acceptors (Lipinski definition) is 4. The van der Waals surface area contributed by atoms with Crippen molar-refractivity contribution >= 4 is 11.8 Å². The molecular weight excluding hydrogens is 328 g/mol. The van der Waals surface area contributed by atoms with Gasteiger partial charge >= 0.3 is 6.09 Å². The number of nitrogens with zero attached hydrogens (tertiary/aromatic N) is 2. The van der Waals surface area contributed by atoms with Gasteiger partial charge in [0.15, 0.2) is 0 Å². The van der Waals surface area contributed by atoms with Gasteiger partial charge in [0.25, 0.3) is 0 Å². The van der Waals surface area contributed by atoms with Crippen LogP contribution >= 0.6 is 0 Å². The van der Waals surface area contributed by atoms with Crippen molar-refractivity contribution in [1.29, 1.82) is 0 Å². The van der Waals surface area contributed by atoms with E-state index >= 15 is 0 Å². The molecule has 0 aromatic heterocycles. The van der Waals surface area contributed by atoms with Crippen molar-refractivity contribution in [2.24, 2.45) is 0 Å². The van der Waals surface area contributed by atoms with E-state index in [0.29, 0.717) is 6.54 Å². The molecule has 1 aromatic rings. The number of ether oxygens (including phenoxy) is 2. The summed E-state index contributed by atoms with van der Waals surface area (Å²) in [5.74, 6) is 0. The van der Waals surface area contributed by atoms with Gasteiger partial charge in [0.2, 0.25) is 0 Å². The Morgan fingerprint density at radius 2 is 1.88 bits per heavy atom. The molecule has 2 heterocycles. The molecule has 1 aromatic carbocycles. The number of benzene rings is 1. The van der Waals surface area contributed by atoms with Crippen molar-refractivity contribution in [2.75, 3.05) is 37.7 Å². The Balaban J connectivity index is 1.89. The minimum absolute atomic E-state index is 0.0860. The first-order chi connectivity index (χ1) is 12.1. The zero-order chi connectivity index (χ0) is 19.1. The summed E-state index contributed by atoms with van der Waals surface area (Å²) in [6.45, 7) is 17.5. The molecule has 0 spiro atoms. The van der Waals surface area contributed by atoms with Crippen LogP contribution in [0.5, 0.6) is 0 Å². The van der Waals surface area contributed by atoms with Gasteiger partial charge in [-0.2, -0.15) is 0 Å². The molecule has 0 aliphatic carbocycles. The van der Waals surface area contributed by atoms with Gasteiger partial charge in [-0.25, -0.2) is 4.79 Å². The zero-order valence-corrected chi connectivity index (χ0v) is 17.0. The predicted octanol–water partition coefficient (Wildman–Crippen LogP) is 3.86. The molecule has 1 amide bonds. The quantitative estimate of drug-likeness (QED) is 0.803. The van der Waals surface area contributed by atoms with E-state index in [1.807, 2.05) is 20.8 Å². The Labute approximate surface area is 157 Å². The number of carbonyl (C=O) groups excluding carboxylic acids is 1. The lowest BCUT2D eigenvalue weighted by molar-refractivity contribution is 0.0341. The number of rotatable bonds is 2. The molecule has 2 aliphatic rings. The van der Waals surface area contributed by atoms with Crippen LogP contribution in [0.25, 0.3) is 0 Å². The lowest BCUT2D eigenvalue weighted by Crippen LogP contribution is -2.38. The molecule has 5 nitrogen and oxygen atoms in total. The number of carbonyl (C=O) groups is 1. The second-order valence-corrected chi connectivity index (χ2v) is 9.08. The Kier molecular flexibility index (Phi) is 5.06. The Hall–Kier alpha value is -1.59. The van der Waals surface area contributed by atoms with Crippen LogP contribution in [0.2, 0.25) is 0 Å². The van der Waals surface area contributed by atoms with Crippen LogP contribution in [0.1, 0.15) is 51.3 Å². The first kappa shape index (κ1) is 19.2. The van der Waals surface area contributed by atoms with Gasteiger partial charge in [-0.15, -0.1) is 0 Å². The first-order valence-electron chi connectivity index (χ1n) is 9.52. The van der Waals surface area contributed by atoms with Crippen LogP contribution in [0.15, 0.2) is 12.1 Å². The van der Waals surface area contributed by atoms with Crippen LogP contribution in [0, 0.1) is 6.92 Å². The average Bonchev–Trinajstić information content (AvgIpc) is 2.81. The van der Waals surface area contributed by atoms with Crippen molar-refractivity contribution in [2.45, 2.75) is 59.1 Å². The van der Waals surface area contributed by atoms with Crippen LogP contribution in [0.4, 0.5) is 10.5 Å². The number of amides is 1. The summed E-state index contributed by atoms with van der Waals surface area (Å²) in [5, 5.41) is 0. The van der Waals surface area contributed by atoms with E-state index < -0.39 is 5.60 Å². The number of fused-ring (bicyclic) bond motifs is 1. The predicted molar refractivity (Wildman–Crippen MR) is 104 cm³/mol. The third-order valence-corrected chi connectivity index (χ3v) is 5.19. The fraction of sp³-hybridized carbons (Fsp3) is 0.667. The number of anilines is 1. The smallest absolute Gasteiger partial charge is 0.414 e. The molecule has 144 valence electrons. The summed E-state index contributed by atoms with van der Waals surface area (Å²) in [4.78, 5) is 16.9. The molecule has 5 heteroatoms. The van der Waals surface area contributed by atoms with Crippen molar-refractivity contribution < 1.29 is 14.3 Å². The Bertz CT molecular complexity index is 685. The minimum Gasteiger partial charge on any atom is -0.443 e. The summed E-state index contributed by atoms with van der Waals surface area (Å²) in [6, 6.07) is 4.26. The van der Waals surface area contributed by atoms with Crippen molar-refractivity contribution in [3.8, 4) is 0 Å². The highest BCUT2D eigenvalue weighted by molar-refractivity contribution is 5.92. The van der Waals surface area contributed by atoms with Gasteiger partial charge in [0.1, 0.15) is 5.60 Å². The Morgan fingerprint density at radius 1 is 1.23 bits per heavy atom. The van der Waals surface area contributed by atoms with E-state index in [9.17, 15) is 4.79 Å². The van der Waals surface area contributed by atoms with Crippen molar-refractivity contribution in [3.63, 3.8) is 0 Å². The van der Waals surface area contributed by atoms with E-state index in [2.05, 4.69) is 37.8 Å². The summed E-state index contributed by atoms with van der Waals surface area (Å²) in [5.41, 5.74) is 4.32. The van der Waals surface area contributed by atoms with E-state index in [4.69, 9.17) is 9.47 Å². The summed E-state index contributed by atoms with van der Waals surface area (Å²) in [6.07, 6.45) is -0.260. The lowest BCUT2D eigenvalue weighted by Gasteiger charge is -2.28. The molecule has 0 saturated carbocycles. The zero-order valence-electron chi connectivity index (χ0n) is 17.0. The third-order valence-electron chi connectivity index (χ3n) is 5.19. The highest BCUT2D eigenvalue weighted by Crippen LogP contribution is 2.44. The molecule has 1 saturated heterocycles. The SMILES string of the molecule is Cc1c(CN2CCOCC2)ccc2c1C(C)(C)CN2C(=O)OC(C)(C)C. The topological polar surface area (TPSA) is 42.0 Å². The Morgan fingerprint density at radius 3 is 2.50 bits per heavy atom. The maximum atomic E-state index is 12.7. The van der Waals surface area contributed by atoms with Crippen LogP contribution < -0.4 is 4.90 Å². The fourth-order valence-corrected chi connectivity index (χ4v) is 4.03. The molecule has 2 aliphatic heterocycles. The number of morpholine rings is 1. The van der Waals surface area contributed by atoms with Crippen molar-refractivity contribution in [1.82, 2.24) is 4.90 Å². The minimum atomic E-state index is -0.491. The molecule has 26 heavy (non-hydrogen) atoms. The van der Waals surface area contributed by atoms with Gasteiger partial charge in [-0.3, -0.25) is 9.80 Å². The van der Waals surface area contributed by atoms with Gasteiger partial charge < -0.3 is 9.47 Å². The molecule has 0 radical (unpaired) electrons. The van der Waals surface area contributed by atoms with Gasteiger partial charge in [0, 0.05) is 31.6 Å². The highest BCUT2D eigenvalue weighted by atomic mass is 16.6. The van der Waals surface area contributed by atoms with Gasteiger partial charge in [0.05, 0.1) is 18.9 Å². The molecule has 0 N–H and O–H groups in total. The van der Waals surface area contributed by atoms with Gasteiger partial charge in [-0.05, 0) is 50.5 Å². The molecule has 0 atom stereocenters. The van der Waals surface area contributed by atoms with E-state index in [1.165, 1.54) is 16.7 Å². The van der Waals surface area contributed by atoms with Crippen LogP contribution in [-0.4, -0.2) is 49.4 Å². The fourth-order valence-electron chi connectivity index (χ4n) is 4.03.